The summed E-state index contributed by atoms with van der Waals surface area (Å²) in [5, 5.41) is 7.38. The molecular formula is C39H51F3N8O8. The first-order valence-corrected chi connectivity index (χ1v) is 19.3. The molecule has 4 saturated heterocycles. The number of hydrogen-bond donors (Lipinski definition) is 4. The third-order valence-electron chi connectivity index (χ3n) is 9.95. The molecule has 0 spiro atoms. The van der Waals surface area contributed by atoms with E-state index in [9.17, 15) is 46.8 Å². The fraction of sp³-hybridized carbons (Fsp3) is 0.538. The van der Waals surface area contributed by atoms with E-state index in [2.05, 4.69) is 20.9 Å². The number of urea groups is 1. The van der Waals surface area contributed by atoms with Gasteiger partial charge in [-0.25, -0.2) is 18.4 Å². The van der Waals surface area contributed by atoms with Crippen LogP contribution in [-0.4, -0.2) is 118 Å². The van der Waals surface area contributed by atoms with Crippen molar-refractivity contribution >= 4 is 47.2 Å². The van der Waals surface area contributed by atoms with Gasteiger partial charge in [-0.1, -0.05) is 0 Å². The summed E-state index contributed by atoms with van der Waals surface area (Å²) >= 11 is 0. The summed E-state index contributed by atoms with van der Waals surface area (Å²) in [6.07, 6.45) is 5.36. The molecule has 6 rings (SSSR count). The number of ether oxygens (including phenoxy) is 1. The van der Waals surface area contributed by atoms with Crippen molar-refractivity contribution < 1.29 is 51.6 Å². The Balaban J connectivity index is 0.000000245. The molecule has 4 fully saturated rings. The summed E-state index contributed by atoms with van der Waals surface area (Å²) in [7, 11) is 0. The summed E-state index contributed by atoms with van der Waals surface area (Å²) in [5.74, 6) is -3.63. The molecule has 2 aromatic rings. The number of cyclic esters (lactones) is 1. The molecule has 4 aliphatic heterocycles. The lowest BCUT2D eigenvalue weighted by Crippen LogP contribution is -2.59. The molecule has 0 radical (unpaired) electrons. The molecule has 1 aromatic carbocycles. The van der Waals surface area contributed by atoms with Crippen LogP contribution in [0.4, 0.5) is 23.7 Å². The van der Waals surface area contributed by atoms with Gasteiger partial charge in [0, 0.05) is 31.4 Å². The number of halogens is 3. The number of aryl methyl sites for hydroxylation is 2. The van der Waals surface area contributed by atoms with Crippen LogP contribution in [0.25, 0.3) is 0 Å². The van der Waals surface area contributed by atoms with Crippen molar-refractivity contribution in [3.63, 3.8) is 0 Å². The van der Waals surface area contributed by atoms with Crippen molar-refractivity contribution in [2.24, 2.45) is 0 Å². The number of benzene rings is 1. The first kappa shape index (κ1) is 45.0. The van der Waals surface area contributed by atoms with Crippen LogP contribution in [0.5, 0.6) is 0 Å². The number of piperidine rings is 1. The quantitative estimate of drug-likeness (QED) is 0.266. The summed E-state index contributed by atoms with van der Waals surface area (Å²) in [4.78, 5) is 95.8. The number of amides is 7. The molecule has 5 heterocycles. The van der Waals surface area contributed by atoms with Crippen molar-refractivity contribution in [3.8, 4) is 0 Å². The number of nitrogens with zero attached hydrogens (tertiary/aromatic N) is 4. The maximum absolute atomic E-state index is 13.5. The minimum absolute atomic E-state index is 0.0174. The van der Waals surface area contributed by atoms with Gasteiger partial charge in [0.1, 0.15) is 48.5 Å². The molecule has 58 heavy (non-hydrogen) atoms. The zero-order valence-corrected chi connectivity index (χ0v) is 33.0. The van der Waals surface area contributed by atoms with Crippen LogP contribution in [0.15, 0.2) is 36.5 Å². The van der Waals surface area contributed by atoms with Crippen molar-refractivity contribution in [2.75, 3.05) is 31.5 Å². The predicted molar refractivity (Wildman–Crippen MR) is 203 cm³/mol. The van der Waals surface area contributed by atoms with Crippen LogP contribution in [-0.2, 0) is 33.5 Å². The van der Waals surface area contributed by atoms with Crippen LogP contribution < -0.4 is 21.5 Å². The van der Waals surface area contributed by atoms with Gasteiger partial charge in [-0.3, -0.25) is 29.0 Å². The molecule has 16 nitrogen and oxygen atoms in total. The van der Waals surface area contributed by atoms with E-state index in [1.807, 2.05) is 6.92 Å². The lowest BCUT2D eigenvalue weighted by molar-refractivity contribution is -0.160. The Morgan fingerprint density at radius 1 is 0.828 bits per heavy atom. The van der Waals surface area contributed by atoms with Crippen LogP contribution in [0.1, 0.15) is 76.5 Å². The zero-order valence-electron chi connectivity index (χ0n) is 33.0. The van der Waals surface area contributed by atoms with Gasteiger partial charge in [-0.2, -0.15) is 5.54 Å². The topological polar surface area (TPSA) is 199 Å². The van der Waals surface area contributed by atoms with Crippen LogP contribution in [0, 0.1) is 25.5 Å². The number of fused-ring (bicyclic) bond motifs is 3. The Hall–Kier alpha value is -5.75. The standard InChI is InChI=1S/C23H34N4O6.C9H11FN4O2.C7H6F2/c1-14-13-19(28)25-11-5-8-17(25)22(31)26-10-4-3-7-16(26)20(29)24-15(2)21(30)27-12-6-9-18(27)23(32)33-14;1-6-2-3-7(4-11-6)13-9(16)12-5-8(15)14-10;1-5-2-6(8)4-7(9)3-5/h14-18H,3-13H2,1-2H3,(H,24,29);2-4H,5H2,1H3,(H,14,15)(H2,12,13,16);2-4H,1H3. The van der Waals surface area contributed by atoms with Gasteiger partial charge < -0.3 is 35.4 Å². The maximum atomic E-state index is 13.5. The van der Waals surface area contributed by atoms with E-state index in [1.165, 1.54) is 23.2 Å². The maximum Gasteiger partial charge on any atom is 0.329 e. The van der Waals surface area contributed by atoms with E-state index >= 15 is 0 Å². The van der Waals surface area contributed by atoms with Gasteiger partial charge in [0.15, 0.2) is 0 Å². The highest BCUT2D eigenvalue weighted by Gasteiger charge is 2.43. The van der Waals surface area contributed by atoms with E-state index in [1.54, 1.807) is 42.7 Å². The van der Waals surface area contributed by atoms with Crippen molar-refractivity contribution in [2.45, 2.75) is 109 Å². The third-order valence-corrected chi connectivity index (χ3v) is 9.95. The molecule has 1 aromatic heterocycles. The average molecular weight is 817 g/mol. The number of carbonyl (C=O) groups excluding carboxylic acids is 7. The van der Waals surface area contributed by atoms with Crippen molar-refractivity contribution in [1.82, 2.24) is 35.9 Å². The van der Waals surface area contributed by atoms with Gasteiger partial charge >= 0.3 is 12.0 Å². The van der Waals surface area contributed by atoms with Gasteiger partial charge in [0.2, 0.25) is 23.6 Å². The third kappa shape index (κ3) is 12.6. The highest BCUT2D eigenvalue weighted by molar-refractivity contribution is 5.96. The van der Waals surface area contributed by atoms with Crippen LogP contribution in [0.3, 0.4) is 0 Å². The van der Waals surface area contributed by atoms with Crippen molar-refractivity contribution in [3.05, 3.63) is 59.4 Å². The Kier molecular flexibility index (Phi) is 16.4. The minimum Gasteiger partial charge on any atom is -0.461 e. The Bertz CT molecular complexity index is 1770. The fourth-order valence-electron chi connectivity index (χ4n) is 7.16. The van der Waals surface area contributed by atoms with E-state index in [-0.39, 0.29) is 30.0 Å². The second kappa shape index (κ2) is 21.1. The molecule has 0 saturated carbocycles. The number of rotatable bonds is 3. The molecule has 19 heteroatoms. The van der Waals surface area contributed by atoms with E-state index < -0.39 is 66.4 Å². The SMILES string of the molecule is CC1CC(=O)N2CCCC2C(=O)N2CCCCC2C(=O)NC(C)C(=O)N2CCCC2C(=O)O1.Cc1cc(F)cc(F)c1.Cc1ccc(NC(=O)NCC(=O)NF)cn1. The molecule has 4 N–H and O–H groups in total. The summed E-state index contributed by atoms with van der Waals surface area (Å²) < 4.78 is 41.4. The van der Waals surface area contributed by atoms with Crippen molar-refractivity contribution in [1.29, 1.82) is 0 Å². The molecular weight excluding hydrogens is 765 g/mol. The van der Waals surface area contributed by atoms with Gasteiger partial charge in [-0.15, -0.1) is 4.48 Å². The Morgan fingerprint density at radius 3 is 2.09 bits per heavy atom. The molecule has 0 aliphatic carbocycles. The fourth-order valence-corrected chi connectivity index (χ4v) is 7.16. The number of nitrogens with one attached hydrogen (secondary N) is 4. The number of aromatic nitrogens is 1. The number of esters is 1. The second-order valence-corrected chi connectivity index (χ2v) is 14.6. The normalized spacial score (nSPS) is 23.7. The number of hydrogen-bond acceptors (Lipinski definition) is 9. The van der Waals surface area contributed by atoms with E-state index in [0.717, 1.165) is 30.1 Å². The Labute approximate surface area is 334 Å². The van der Waals surface area contributed by atoms with Gasteiger partial charge in [0.25, 0.3) is 5.91 Å². The first-order valence-electron chi connectivity index (χ1n) is 19.3. The summed E-state index contributed by atoms with van der Waals surface area (Å²) in [5.41, 5.74) is 2.81. The molecule has 0 bridgehead atoms. The average Bonchev–Trinajstić information content (AvgIpc) is 3.88. The second-order valence-electron chi connectivity index (χ2n) is 14.6. The monoisotopic (exact) mass is 816 g/mol. The molecule has 316 valence electrons. The van der Waals surface area contributed by atoms with Gasteiger partial charge in [0.05, 0.1) is 18.3 Å². The van der Waals surface area contributed by atoms with Crippen LogP contribution in [0.2, 0.25) is 0 Å². The summed E-state index contributed by atoms with van der Waals surface area (Å²) in [6, 6.07) is 3.40. The summed E-state index contributed by atoms with van der Waals surface area (Å²) in [6.45, 7) is 7.65. The zero-order chi connectivity index (χ0) is 42.5. The smallest absolute Gasteiger partial charge is 0.329 e. The highest BCUT2D eigenvalue weighted by Crippen LogP contribution is 2.27. The minimum atomic E-state index is -0.919. The van der Waals surface area contributed by atoms with E-state index in [4.69, 9.17) is 4.74 Å². The highest BCUT2D eigenvalue weighted by atomic mass is 19.2. The first-order chi connectivity index (χ1) is 27.6. The lowest BCUT2D eigenvalue weighted by Gasteiger charge is -2.38. The molecule has 7 amide bonds. The van der Waals surface area contributed by atoms with Gasteiger partial charge in [-0.05, 0) is 102 Å². The lowest BCUT2D eigenvalue weighted by atomic mass is 9.99. The number of pyridine rings is 1. The van der Waals surface area contributed by atoms with Crippen LogP contribution >= 0.6 is 0 Å². The largest absolute Gasteiger partial charge is 0.461 e. The molecule has 5 atom stereocenters. The predicted octanol–water partition coefficient (Wildman–Crippen LogP) is 2.98. The Morgan fingerprint density at radius 2 is 1.45 bits per heavy atom. The number of carbonyl (C=O) groups is 7. The number of anilines is 1. The van der Waals surface area contributed by atoms with E-state index in [0.29, 0.717) is 63.0 Å². The molecule has 4 aliphatic rings. The molecule has 5 unspecified atom stereocenters.